The van der Waals surface area contributed by atoms with E-state index in [1.807, 2.05) is 13.8 Å². The van der Waals surface area contributed by atoms with E-state index in [0.29, 0.717) is 16.9 Å². The molecule has 0 aliphatic carbocycles. The van der Waals surface area contributed by atoms with Gasteiger partial charge in [0.2, 0.25) is 0 Å². The highest BCUT2D eigenvalue weighted by molar-refractivity contribution is 5.56. The summed E-state index contributed by atoms with van der Waals surface area (Å²) >= 11 is 0. The van der Waals surface area contributed by atoms with Crippen molar-refractivity contribution in [3.05, 3.63) is 22.5 Å². The monoisotopic (exact) mass is 241 g/mol. The van der Waals surface area contributed by atoms with Crippen LogP contribution >= 0.6 is 0 Å². The van der Waals surface area contributed by atoms with Gasteiger partial charge in [0.05, 0.1) is 14.2 Å². The SMILES string of the molecule is COc1c(C)c(C(C)(C)N)c(OC)c(C)c1F. The first-order chi connectivity index (χ1) is 7.75. The zero-order valence-electron chi connectivity index (χ0n) is 11.3. The van der Waals surface area contributed by atoms with Gasteiger partial charge in [-0.25, -0.2) is 4.39 Å². The van der Waals surface area contributed by atoms with Crippen LogP contribution < -0.4 is 15.2 Å². The molecule has 0 fully saturated rings. The van der Waals surface area contributed by atoms with Crippen molar-refractivity contribution in [2.45, 2.75) is 33.2 Å². The minimum absolute atomic E-state index is 0.233. The second-order valence-electron chi connectivity index (χ2n) is 4.73. The summed E-state index contributed by atoms with van der Waals surface area (Å²) in [5, 5.41) is 0. The van der Waals surface area contributed by atoms with Crippen molar-refractivity contribution in [3.63, 3.8) is 0 Å². The molecule has 0 saturated carbocycles. The lowest BCUT2D eigenvalue weighted by Gasteiger charge is -2.27. The minimum atomic E-state index is -0.624. The number of benzene rings is 1. The lowest BCUT2D eigenvalue weighted by atomic mass is 9.88. The molecule has 0 atom stereocenters. The second-order valence-corrected chi connectivity index (χ2v) is 4.73. The van der Waals surface area contributed by atoms with E-state index in [2.05, 4.69) is 0 Å². The molecule has 2 N–H and O–H groups in total. The number of rotatable bonds is 3. The average molecular weight is 241 g/mol. The van der Waals surface area contributed by atoms with Crippen LogP contribution in [0.1, 0.15) is 30.5 Å². The van der Waals surface area contributed by atoms with Crippen molar-refractivity contribution in [2.75, 3.05) is 14.2 Å². The van der Waals surface area contributed by atoms with E-state index in [0.717, 1.165) is 5.56 Å². The van der Waals surface area contributed by atoms with Crippen LogP contribution in [0.2, 0.25) is 0 Å². The third kappa shape index (κ3) is 2.22. The Labute approximate surface area is 102 Å². The Morgan fingerprint density at radius 3 is 1.82 bits per heavy atom. The van der Waals surface area contributed by atoms with Gasteiger partial charge in [-0.2, -0.15) is 0 Å². The summed E-state index contributed by atoms with van der Waals surface area (Å²) in [6.45, 7) is 7.16. The van der Waals surface area contributed by atoms with Gasteiger partial charge < -0.3 is 15.2 Å². The fraction of sp³-hybridized carbons (Fsp3) is 0.538. The van der Waals surface area contributed by atoms with E-state index in [1.54, 1.807) is 13.8 Å². The lowest BCUT2D eigenvalue weighted by molar-refractivity contribution is 0.358. The van der Waals surface area contributed by atoms with Crippen LogP contribution in [0.5, 0.6) is 11.5 Å². The normalized spacial score (nSPS) is 11.5. The first-order valence-electron chi connectivity index (χ1n) is 5.45. The largest absolute Gasteiger partial charge is 0.496 e. The molecule has 3 nitrogen and oxygen atoms in total. The molecular weight excluding hydrogens is 221 g/mol. The fourth-order valence-corrected chi connectivity index (χ4v) is 2.18. The molecule has 0 spiro atoms. The molecule has 4 heteroatoms. The summed E-state index contributed by atoms with van der Waals surface area (Å²) in [5.41, 5.74) is 7.37. The van der Waals surface area contributed by atoms with Gasteiger partial charge in [-0.15, -0.1) is 0 Å². The zero-order valence-corrected chi connectivity index (χ0v) is 11.3. The Hall–Kier alpha value is -1.29. The van der Waals surface area contributed by atoms with Gasteiger partial charge in [-0.05, 0) is 27.7 Å². The van der Waals surface area contributed by atoms with Crippen LogP contribution in [0, 0.1) is 19.7 Å². The molecule has 0 aliphatic heterocycles. The van der Waals surface area contributed by atoms with Crippen LogP contribution in [0.25, 0.3) is 0 Å². The second kappa shape index (κ2) is 4.53. The van der Waals surface area contributed by atoms with Gasteiger partial charge in [0, 0.05) is 22.2 Å². The number of ether oxygens (including phenoxy) is 2. The van der Waals surface area contributed by atoms with Gasteiger partial charge in [-0.1, -0.05) is 0 Å². The lowest BCUT2D eigenvalue weighted by Crippen LogP contribution is -2.31. The molecule has 0 radical (unpaired) electrons. The molecule has 0 aliphatic rings. The van der Waals surface area contributed by atoms with Gasteiger partial charge in [-0.3, -0.25) is 0 Å². The number of hydrogen-bond donors (Lipinski definition) is 1. The number of methoxy groups -OCH3 is 2. The van der Waals surface area contributed by atoms with Crippen LogP contribution in [0.4, 0.5) is 4.39 Å². The van der Waals surface area contributed by atoms with Crippen molar-refractivity contribution < 1.29 is 13.9 Å². The average Bonchev–Trinajstić information content (AvgIpc) is 2.22. The van der Waals surface area contributed by atoms with Crippen molar-refractivity contribution in [1.29, 1.82) is 0 Å². The van der Waals surface area contributed by atoms with Crippen LogP contribution in [0.3, 0.4) is 0 Å². The van der Waals surface area contributed by atoms with Gasteiger partial charge in [0.25, 0.3) is 0 Å². The highest BCUT2D eigenvalue weighted by Crippen LogP contribution is 2.41. The van der Waals surface area contributed by atoms with Crippen molar-refractivity contribution in [1.82, 2.24) is 0 Å². The molecule has 0 bridgehead atoms. The van der Waals surface area contributed by atoms with Crippen molar-refractivity contribution in [3.8, 4) is 11.5 Å². The van der Waals surface area contributed by atoms with Gasteiger partial charge >= 0.3 is 0 Å². The highest BCUT2D eigenvalue weighted by Gasteiger charge is 2.28. The number of halogens is 1. The number of hydrogen-bond acceptors (Lipinski definition) is 3. The van der Waals surface area contributed by atoms with E-state index in [4.69, 9.17) is 15.2 Å². The summed E-state index contributed by atoms with van der Waals surface area (Å²) in [7, 11) is 2.97. The molecule has 0 aromatic heterocycles. The Morgan fingerprint density at radius 2 is 1.47 bits per heavy atom. The van der Waals surface area contributed by atoms with E-state index < -0.39 is 11.4 Å². The third-order valence-electron chi connectivity index (χ3n) is 2.86. The maximum atomic E-state index is 14.0. The van der Waals surface area contributed by atoms with Crippen LogP contribution in [-0.2, 0) is 5.54 Å². The molecule has 0 unspecified atom stereocenters. The minimum Gasteiger partial charge on any atom is -0.496 e. The Balaban J connectivity index is 3.74. The molecule has 1 rings (SSSR count). The zero-order chi connectivity index (χ0) is 13.4. The molecular formula is C13H20FNO2. The topological polar surface area (TPSA) is 44.5 Å². The molecule has 1 aromatic carbocycles. The Morgan fingerprint density at radius 1 is 1.00 bits per heavy atom. The highest BCUT2D eigenvalue weighted by atomic mass is 19.1. The van der Waals surface area contributed by atoms with Gasteiger partial charge in [0.1, 0.15) is 5.75 Å². The molecule has 0 saturated heterocycles. The fourth-order valence-electron chi connectivity index (χ4n) is 2.18. The Kier molecular flexibility index (Phi) is 3.67. The van der Waals surface area contributed by atoms with Gasteiger partial charge in [0.15, 0.2) is 11.6 Å². The number of nitrogens with two attached hydrogens (primary N) is 1. The summed E-state index contributed by atoms with van der Waals surface area (Å²) in [4.78, 5) is 0. The van der Waals surface area contributed by atoms with Crippen molar-refractivity contribution in [2.24, 2.45) is 5.73 Å². The molecule has 0 amide bonds. The third-order valence-corrected chi connectivity index (χ3v) is 2.86. The molecule has 1 aromatic rings. The Bertz CT molecular complexity index is 436. The summed E-state index contributed by atoms with van der Waals surface area (Å²) in [5.74, 6) is 0.333. The molecule has 96 valence electrons. The van der Waals surface area contributed by atoms with Crippen molar-refractivity contribution >= 4 is 0 Å². The van der Waals surface area contributed by atoms with E-state index >= 15 is 0 Å². The standard InChI is InChI=1S/C13H20FNO2/c1-7-9(13(3,4)15)11(16-5)8(2)10(14)12(7)17-6/h15H2,1-6H3. The molecule has 17 heavy (non-hydrogen) atoms. The predicted molar refractivity (Wildman–Crippen MR) is 66.2 cm³/mol. The smallest absolute Gasteiger partial charge is 0.171 e. The molecule has 0 heterocycles. The summed E-state index contributed by atoms with van der Waals surface area (Å²) in [6, 6.07) is 0. The van der Waals surface area contributed by atoms with E-state index in [-0.39, 0.29) is 5.75 Å². The predicted octanol–water partition coefficient (Wildman–Crippen LogP) is 2.65. The summed E-state index contributed by atoms with van der Waals surface area (Å²) < 4.78 is 24.4. The van der Waals surface area contributed by atoms with Crippen LogP contribution in [-0.4, -0.2) is 14.2 Å². The first-order valence-corrected chi connectivity index (χ1v) is 5.45. The maximum Gasteiger partial charge on any atom is 0.171 e. The summed E-state index contributed by atoms with van der Waals surface area (Å²) in [6.07, 6.45) is 0. The van der Waals surface area contributed by atoms with Crippen LogP contribution in [0.15, 0.2) is 0 Å². The maximum absolute atomic E-state index is 14.0. The van der Waals surface area contributed by atoms with E-state index in [9.17, 15) is 4.39 Å². The quantitative estimate of drug-likeness (QED) is 0.884. The van der Waals surface area contributed by atoms with E-state index in [1.165, 1.54) is 14.2 Å². The first kappa shape index (κ1) is 13.8.